The lowest BCUT2D eigenvalue weighted by Gasteiger charge is -2.34. The van der Waals surface area contributed by atoms with Crippen LogP contribution in [0.15, 0.2) is 18.2 Å². The molecular weight excluding hydrogens is 348 g/mol. The summed E-state index contributed by atoms with van der Waals surface area (Å²) >= 11 is 0. The zero-order chi connectivity index (χ0) is 17.7. The number of likely N-dealkylation sites (tertiary alicyclic amines) is 1. The molecule has 0 bridgehead atoms. The number of carbonyl (C=O) groups excluding carboxylic acids is 1. The summed E-state index contributed by atoms with van der Waals surface area (Å²) in [7, 11) is 3.08. The van der Waals surface area contributed by atoms with Crippen molar-refractivity contribution in [3.05, 3.63) is 18.2 Å². The summed E-state index contributed by atoms with van der Waals surface area (Å²) in [6, 6.07) is 4.75. The number of rotatable bonds is 6. The molecule has 0 radical (unpaired) electrons. The third kappa shape index (κ3) is 5.24. The van der Waals surface area contributed by atoms with Crippen LogP contribution in [0.5, 0.6) is 11.5 Å². The van der Waals surface area contributed by atoms with Crippen molar-refractivity contribution in [3.63, 3.8) is 0 Å². The molecule has 1 aliphatic rings. The third-order valence-electron chi connectivity index (χ3n) is 4.38. The first-order valence-electron chi connectivity index (χ1n) is 7.96. The van der Waals surface area contributed by atoms with Crippen LogP contribution in [0.2, 0.25) is 0 Å². The Labute approximate surface area is 153 Å². The fraction of sp³-hybridized carbons (Fsp3) is 0.529. The third-order valence-corrected chi connectivity index (χ3v) is 4.38. The van der Waals surface area contributed by atoms with Crippen molar-refractivity contribution < 1.29 is 24.2 Å². The van der Waals surface area contributed by atoms with Crippen molar-refractivity contribution in [2.45, 2.75) is 25.8 Å². The van der Waals surface area contributed by atoms with Gasteiger partial charge in [-0.05, 0) is 38.4 Å². The van der Waals surface area contributed by atoms with E-state index >= 15 is 0 Å². The zero-order valence-electron chi connectivity index (χ0n) is 14.7. The molecule has 8 heteroatoms. The number of methoxy groups -OCH3 is 2. The number of nitrogens with one attached hydrogen (secondary N) is 1. The lowest BCUT2D eigenvalue weighted by molar-refractivity contribution is -0.144. The summed E-state index contributed by atoms with van der Waals surface area (Å²) in [5.41, 5.74) is 0.608. The number of aliphatic carboxylic acids is 1. The number of nitrogens with zero attached hydrogens (tertiary/aromatic N) is 1. The van der Waals surface area contributed by atoms with Gasteiger partial charge in [0.15, 0.2) is 11.5 Å². The monoisotopic (exact) mass is 372 g/mol. The Bertz CT molecular complexity index is 611. The summed E-state index contributed by atoms with van der Waals surface area (Å²) in [5.74, 6) is -0.258. The maximum atomic E-state index is 12.5. The van der Waals surface area contributed by atoms with Crippen LogP contribution in [0.1, 0.15) is 19.8 Å². The molecule has 140 valence electrons. The van der Waals surface area contributed by atoms with E-state index in [9.17, 15) is 9.59 Å². The molecule has 1 saturated heterocycles. The molecule has 0 aromatic heterocycles. The molecule has 2 atom stereocenters. The summed E-state index contributed by atoms with van der Waals surface area (Å²) in [5, 5.41) is 12.0. The second kappa shape index (κ2) is 9.48. The van der Waals surface area contributed by atoms with Crippen molar-refractivity contribution in [2.24, 2.45) is 5.92 Å². The second-order valence-corrected chi connectivity index (χ2v) is 5.91. The van der Waals surface area contributed by atoms with E-state index in [4.69, 9.17) is 14.6 Å². The van der Waals surface area contributed by atoms with E-state index in [-0.39, 0.29) is 18.3 Å². The lowest BCUT2D eigenvalue weighted by atomic mass is 9.97. The first kappa shape index (κ1) is 21.1. The van der Waals surface area contributed by atoms with E-state index in [0.29, 0.717) is 30.2 Å². The topological polar surface area (TPSA) is 88.1 Å². The number of amides is 1. The molecule has 0 spiro atoms. The SMILES string of the molecule is COc1ccc(NC(=O)C(C)N2CCCC(C(=O)O)C2)cc1OC.Cl. The number of hydrogen-bond donors (Lipinski definition) is 2. The van der Waals surface area contributed by atoms with Crippen LogP contribution in [0, 0.1) is 5.92 Å². The maximum Gasteiger partial charge on any atom is 0.307 e. The largest absolute Gasteiger partial charge is 0.493 e. The fourth-order valence-corrected chi connectivity index (χ4v) is 2.89. The van der Waals surface area contributed by atoms with Gasteiger partial charge < -0.3 is 19.9 Å². The summed E-state index contributed by atoms with van der Waals surface area (Å²) in [6.07, 6.45) is 1.45. The number of carboxylic acid groups (broad SMARTS) is 1. The van der Waals surface area contributed by atoms with Gasteiger partial charge in [0.25, 0.3) is 0 Å². The van der Waals surface area contributed by atoms with Crippen molar-refractivity contribution in [2.75, 3.05) is 32.6 Å². The molecule has 1 heterocycles. The van der Waals surface area contributed by atoms with Gasteiger partial charge in [0.2, 0.25) is 5.91 Å². The number of halogens is 1. The van der Waals surface area contributed by atoms with Gasteiger partial charge in [-0.2, -0.15) is 0 Å². The van der Waals surface area contributed by atoms with E-state index in [1.165, 1.54) is 7.11 Å². The van der Waals surface area contributed by atoms with Crippen molar-refractivity contribution in [1.29, 1.82) is 0 Å². The highest BCUT2D eigenvalue weighted by molar-refractivity contribution is 5.94. The predicted octanol–water partition coefficient (Wildman–Crippen LogP) is 2.25. The Morgan fingerprint density at radius 1 is 1.28 bits per heavy atom. The fourth-order valence-electron chi connectivity index (χ4n) is 2.89. The molecule has 7 nitrogen and oxygen atoms in total. The number of carboxylic acids is 1. The molecule has 1 amide bonds. The first-order valence-corrected chi connectivity index (χ1v) is 7.96. The summed E-state index contributed by atoms with van der Waals surface area (Å²) in [6.45, 7) is 2.92. The minimum Gasteiger partial charge on any atom is -0.493 e. The Morgan fingerprint density at radius 3 is 2.56 bits per heavy atom. The normalized spacial score (nSPS) is 18.6. The highest BCUT2D eigenvalue weighted by atomic mass is 35.5. The van der Waals surface area contributed by atoms with Gasteiger partial charge >= 0.3 is 5.97 Å². The average Bonchev–Trinajstić information content (AvgIpc) is 2.60. The van der Waals surface area contributed by atoms with E-state index < -0.39 is 17.9 Å². The highest BCUT2D eigenvalue weighted by Crippen LogP contribution is 2.30. The van der Waals surface area contributed by atoms with E-state index in [2.05, 4.69) is 5.32 Å². The molecule has 1 fully saturated rings. The molecule has 1 aromatic rings. The molecule has 2 N–H and O–H groups in total. The number of hydrogen-bond acceptors (Lipinski definition) is 5. The molecule has 1 aliphatic heterocycles. The number of ether oxygens (including phenoxy) is 2. The summed E-state index contributed by atoms with van der Waals surface area (Å²) in [4.78, 5) is 25.5. The molecule has 0 aliphatic carbocycles. The molecule has 0 saturated carbocycles. The van der Waals surface area contributed by atoms with Gasteiger partial charge in [0.1, 0.15) is 0 Å². The number of benzene rings is 1. The smallest absolute Gasteiger partial charge is 0.307 e. The highest BCUT2D eigenvalue weighted by Gasteiger charge is 2.30. The maximum absolute atomic E-state index is 12.5. The van der Waals surface area contributed by atoms with E-state index in [1.807, 2.05) is 4.90 Å². The van der Waals surface area contributed by atoms with Gasteiger partial charge in [-0.3, -0.25) is 14.5 Å². The minimum atomic E-state index is -0.799. The number of anilines is 1. The van der Waals surface area contributed by atoms with Crippen LogP contribution >= 0.6 is 12.4 Å². The quantitative estimate of drug-likeness (QED) is 0.796. The van der Waals surface area contributed by atoms with Crippen LogP contribution < -0.4 is 14.8 Å². The molecule has 2 rings (SSSR count). The van der Waals surface area contributed by atoms with Gasteiger partial charge in [-0.1, -0.05) is 0 Å². The summed E-state index contributed by atoms with van der Waals surface area (Å²) < 4.78 is 10.4. The molecule has 1 aromatic carbocycles. The Hall–Kier alpha value is -1.99. The van der Waals surface area contributed by atoms with Gasteiger partial charge in [0.05, 0.1) is 26.2 Å². The van der Waals surface area contributed by atoms with Gasteiger partial charge in [0, 0.05) is 18.3 Å². The molecule has 25 heavy (non-hydrogen) atoms. The Morgan fingerprint density at radius 2 is 1.96 bits per heavy atom. The number of piperidine rings is 1. The number of carbonyl (C=O) groups is 2. The Kier molecular flexibility index (Phi) is 7.99. The zero-order valence-corrected chi connectivity index (χ0v) is 15.5. The molecular formula is C17H25ClN2O5. The second-order valence-electron chi connectivity index (χ2n) is 5.91. The van der Waals surface area contributed by atoms with Crippen LogP contribution in [0.4, 0.5) is 5.69 Å². The van der Waals surface area contributed by atoms with Gasteiger partial charge in [-0.15, -0.1) is 12.4 Å². The predicted molar refractivity (Wildman–Crippen MR) is 96.8 cm³/mol. The standard InChI is InChI=1S/C17H24N2O5.ClH/c1-11(19-8-4-5-12(10-19)17(21)22)16(20)18-13-6-7-14(23-2)15(9-13)24-3;/h6-7,9,11-12H,4-5,8,10H2,1-3H3,(H,18,20)(H,21,22);1H. The van der Waals surface area contributed by atoms with Crippen LogP contribution in [0.25, 0.3) is 0 Å². The first-order chi connectivity index (χ1) is 11.5. The van der Waals surface area contributed by atoms with Crippen LogP contribution in [-0.2, 0) is 9.59 Å². The van der Waals surface area contributed by atoms with Crippen LogP contribution in [-0.4, -0.2) is 55.2 Å². The van der Waals surface area contributed by atoms with Crippen molar-refractivity contribution in [3.8, 4) is 11.5 Å². The average molecular weight is 373 g/mol. The van der Waals surface area contributed by atoms with Gasteiger partial charge in [-0.25, -0.2) is 0 Å². The minimum absolute atomic E-state index is 0. The van der Waals surface area contributed by atoms with Crippen LogP contribution in [0.3, 0.4) is 0 Å². The lowest BCUT2D eigenvalue weighted by Crippen LogP contribution is -2.48. The Balaban J connectivity index is 0.00000312. The van der Waals surface area contributed by atoms with Crippen molar-refractivity contribution in [1.82, 2.24) is 4.90 Å². The van der Waals surface area contributed by atoms with E-state index in [0.717, 1.165) is 13.0 Å². The van der Waals surface area contributed by atoms with E-state index in [1.54, 1.807) is 32.2 Å². The molecule has 2 unspecified atom stereocenters. The van der Waals surface area contributed by atoms with Crippen molar-refractivity contribution >= 4 is 30.0 Å².